The summed E-state index contributed by atoms with van der Waals surface area (Å²) in [6.07, 6.45) is 12.5. The van der Waals surface area contributed by atoms with Gasteiger partial charge in [-0.25, -0.2) is 0 Å². The highest BCUT2D eigenvalue weighted by atomic mass is 19.1. The molecule has 2 rings (SSSR count). The second-order valence-corrected chi connectivity index (χ2v) is 7.45. The van der Waals surface area contributed by atoms with Crippen molar-refractivity contribution in [3.8, 4) is 6.07 Å². The third kappa shape index (κ3) is 5.92. The van der Waals surface area contributed by atoms with Crippen molar-refractivity contribution in [2.45, 2.75) is 83.7 Å². The average Bonchev–Trinajstić information content (AvgIpc) is 2.62. The summed E-state index contributed by atoms with van der Waals surface area (Å²) < 4.78 is 18.5. The first-order chi connectivity index (χ1) is 11.6. The molecule has 0 amide bonds. The van der Waals surface area contributed by atoms with Crippen LogP contribution in [0.5, 0.6) is 0 Å². The van der Waals surface area contributed by atoms with Gasteiger partial charge in [-0.15, -0.1) is 0 Å². The number of hydrogen-bond donors (Lipinski definition) is 0. The Labute approximate surface area is 145 Å². The van der Waals surface area contributed by atoms with Crippen molar-refractivity contribution in [1.82, 2.24) is 0 Å². The smallest absolute Gasteiger partial charge is 0.309 e. The number of carbonyl (C=O) groups is 1. The van der Waals surface area contributed by atoms with Gasteiger partial charge in [-0.3, -0.25) is 4.79 Å². The van der Waals surface area contributed by atoms with E-state index in [4.69, 9.17) is 10.00 Å². The molecule has 2 fully saturated rings. The van der Waals surface area contributed by atoms with Crippen molar-refractivity contribution in [2.24, 2.45) is 17.8 Å². The summed E-state index contributed by atoms with van der Waals surface area (Å²) in [4.78, 5) is 12.3. The number of rotatable bonds is 6. The van der Waals surface area contributed by atoms with Gasteiger partial charge in [0.2, 0.25) is 0 Å². The lowest BCUT2D eigenvalue weighted by atomic mass is 9.80. The van der Waals surface area contributed by atoms with Crippen molar-refractivity contribution in [2.75, 3.05) is 0 Å². The third-order valence-corrected chi connectivity index (χ3v) is 5.84. The summed E-state index contributed by atoms with van der Waals surface area (Å²) in [6, 6.07) is 1.50. The molecule has 2 aliphatic carbocycles. The molecule has 0 heterocycles. The molecule has 0 aromatic heterocycles. The third-order valence-electron chi connectivity index (χ3n) is 5.84. The van der Waals surface area contributed by atoms with E-state index in [1.54, 1.807) is 0 Å². The Kier molecular flexibility index (Phi) is 7.75. The first-order valence-corrected chi connectivity index (χ1v) is 9.58. The number of esters is 1. The van der Waals surface area contributed by atoms with E-state index in [-0.39, 0.29) is 18.0 Å². The maximum absolute atomic E-state index is 12.8. The minimum absolute atomic E-state index is 0.00354. The zero-order valence-electron chi connectivity index (χ0n) is 14.8. The van der Waals surface area contributed by atoms with E-state index < -0.39 is 5.83 Å². The Morgan fingerprint density at radius 3 is 2.33 bits per heavy atom. The summed E-state index contributed by atoms with van der Waals surface area (Å²) in [7, 11) is 0. The van der Waals surface area contributed by atoms with Gasteiger partial charge in [-0.1, -0.05) is 13.3 Å². The van der Waals surface area contributed by atoms with Crippen molar-refractivity contribution in [3.05, 3.63) is 11.9 Å². The second-order valence-electron chi connectivity index (χ2n) is 7.45. The van der Waals surface area contributed by atoms with E-state index in [9.17, 15) is 9.18 Å². The summed E-state index contributed by atoms with van der Waals surface area (Å²) >= 11 is 0. The maximum atomic E-state index is 12.8. The molecule has 0 atom stereocenters. The van der Waals surface area contributed by atoms with Crippen molar-refractivity contribution in [3.63, 3.8) is 0 Å². The number of hydrogen-bond acceptors (Lipinski definition) is 3. The van der Waals surface area contributed by atoms with Gasteiger partial charge in [0.1, 0.15) is 12.2 Å². The number of halogens is 1. The van der Waals surface area contributed by atoms with Crippen molar-refractivity contribution >= 4 is 5.97 Å². The average molecular weight is 335 g/mol. The predicted octanol–water partition coefficient (Wildman–Crippen LogP) is 5.46. The van der Waals surface area contributed by atoms with E-state index >= 15 is 0 Å². The zero-order chi connectivity index (χ0) is 17.4. The maximum Gasteiger partial charge on any atom is 0.309 e. The molecule has 0 saturated heterocycles. The fraction of sp³-hybridized carbons (Fsp3) is 0.800. The lowest BCUT2D eigenvalue weighted by molar-refractivity contribution is -0.157. The van der Waals surface area contributed by atoms with Gasteiger partial charge in [0, 0.05) is 0 Å². The molecule has 2 aliphatic rings. The zero-order valence-corrected chi connectivity index (χ0v) is 14.8. The van der Waals surface area contributed by atoms with Crippen LogP contribution in [0.3, 0.4) is 0 Å². The minimum atomic E-state index is -0.690. The first kappa shape index (κ1) is 19.0. The van der Waals surface area contributed by atoms with E-state index in [0.717, 1.165) is 50.9 Å². The molecule has 134 valence electrons. The standard InChI is InChI=1S/C20H30FNO2/c1-2-15-8-12-19(13-9-15)24-20(23)17-10-6-16(7-11-17)4-3-5-18(21)14-22/h5,15-17,19H,2-4,6-13H2,1H3/t15-,16-,17-,19-. The van der Waals surface area contributed by atoms with Crippen LogP contribution in [0.25, 0.3) is 0 Å². The van der Waals surface area contributed by atoms with Gasteiger partial charge < -0.3 is 4.74 Å². The highest BCUT2D eigenvalue weighted by Gasteiger charge is 2.30. The summed E-state index contributed by atoms with van der Waals surface area (Å²) in [5.41, 5.74) is 0. The number of nitrogens with zero attached hydrogens (tertiary/aromatic N) is 1. The Morgan fingerprint density at radius 1 is 1.12 bits per heavy atom. The van der Waals surface area contributed by atoms with Gasteiger partial charge in [-0.2, -0.15) is 9.65 Å². The van der Waals surface area contributed by atoms with Crippen LogP contribution in [0.2, 0.25) is 0 Å². The molecule has 4 heteroatoms. The molecule has 2 saturated carbocycles. The molecule has 0 aliphatic heterocycles. The SMILES string of the molecule is CC[C@H]1CC[C@H](OC(=O)[C@H]2CC[C@H](CCC=C(F)C#N)CC2)CC1. The van der Waals surface area contributed by atoms with Crippen LogP contribution in [0, 0.1) is 29.1 Å². The Balaban J connectivity index is 1.65. The summed E-state index contributed by atoms with van der Waals surface area (Å²) in [6.45, 7) is 2.24. The largest absolute Gasteiger partial charge is 0.462 e. The van der Waals surface area contributed by atoms with Crippen LogP contribution in [0.4, 0.5) is 4.39 Å². The molecule has 0 unspecified atom stereocenters. The van der Waals surface area contributed by atoms with Gasteiger partial charge in [-0.05, 0) is 82.1 Å². The van der Waals surface area contributed by atoms with Crippen LogP contribution in [0.15, 0.2) is 11.9 Å². The molecule has 24 heavy (non-hydrogen) atoms. The van der Waals surface area contributed by atoms with E-state index in [2.05, 4.69) is 6.92 Å². The van der Waals surface area contributed by atoms with Crippen LogP contribution < -0.4 is 0 Å². The lowest BCUT2D eigenvalue weighted by Crippen LogP contribution is -2.30. The minimum Gasteiger partial charge on any atom is -0.462 e. The Hall–Kier alpha value is -1.37. The quantitative estimate of drug-likeness (QED) is 0.478. The normalized spacial score (nSPS) is 31.3. The van der Waals surface area contributed by atoms with Crippen LogP contribution >= 0.6 is 0 Å². The molecular formula is C20H30FNO2. The fourth-order valence-electron chi connectivity index (χ4n) is 4.10. The van der Waals surface area contributed by atoms with E-state index in [1.165, 1.54) is 31.4 Å². The van der Waals surface area contributed by atoms with E-state index in [0.29, 0.717) is 12.3 Å². The van der Waals surface area contributed by atoms with Gasteiger partial charge >= 0.3 is 5.97 Å². The highest BCUT2D eigenvalue weighted by Crippen LogP contribution is 2.34. The number of carbonyl (C=O) groups excluding carboxylic acids is 1. The lowest BCUT2D eigenvalue weighted by Gasteiger charge is -2.31. The predicted molar refractivity (Wildman–Crippen MR) is 91.6 cm³/mol. The molecule has 0 bridgehead atoms. The monoisotopic (exact) mass is 335 g/mol. The van der Waals surface area contributed by atoms with Crippen LogP contribution in [-0.4, -0.2) is 12.1 Å². The number of nitriles is 1. The topological polar surface area (TPSA) is 50.1 Å². The number of allylic oxidation sites excluding steroid dienone is 2. The van der Waals surface area contributed by atoms with Crippen molar-refractivity contribution in [1.29, 1.82) is 5.26 Å². The van der Waals surface area contributed by atoms with Gasteiger partial charge in [0.05, 0.1) is 5.92 Å². The summed E-state index contributed by atoms with van der Waals surface area (Å²) in [5, 5.41) is 8.39. The Morgan fingerprint density at radius 2 is 1.75 bits per heavy atom. The first-order valence-electron chi connectivity index (χ1n) is 9.58. The molecule has 0 N–H and O–H groups in total. The number of ether oxygens (including phenoxy) is 1. The molecular weight excluding hydrogens is 305 g/mol. The summed E-state index contributed by atoms with van der Waals surface area (Å²) in [5.74, 6) is 0.720. The highest BCUT2D eigenvalue weighted by molar-refractivity contribution is 5.72. The molecule has 3 nitrogen and oxygen atoms in total. The van der Waals surface area contributed by atoms with Crippen molar-refractivity contribution < 1.29 is 13.9 Å². The van der Waals surface area contributed by atoms with Gasteiger partial charge in [0.25, 0.3) is 0 Å². The Bertz CT molecular complexity index is 467. The molecule has 0 aromatic rings. The molecule has 0 radical (unpaired) electrons. The van der Waals surface area contributed by atoms with E-state index in [1.807, 2.05) is 0 Å². The second kappa shape index (κ2) is 9.81. The van der Waals surface area contributed by atoms with Gasteiger partial charge in [0.15, 0.2) is 5.83 Å². The van der Waals surface area contributed by atoms with Crippen LogP contribution in [-0.2, 0) is 9.53 Å². The fourth-order valence-corrected chi connectivity index (χ4v) is 4.10. The molecule has 0 aromatic carbocycles. The molecule has 0 spiro atoms. The van der Waals surface area contributed by atoms with Crippen LogP contribution in [0.1, 0.15) is 77.6 Å².